The summed E-state index contributed by atoms with van der Waals surface area (Å²) in [6, 6.07) is 10.9. The van der Waals surface area contributed by atoms with Crippen molar-refractivity contribution < 1.29 is 13.5 Å². The van der Waals surface area contributed by atoms with Crippen molar-refractivity contribution in [2.75, 3.05) is 0 Å². The molecule has 4 heteroatoms. The van der Waals surface area contributed by atoms with E-state index in [0.29, 0.717) is 6.42 Å². The lowest BCUT2D eigenvalue weighted by molar-refractivity contribution is 0.225. The van der Waals surface area contributed by atoms with Gasteiger partial charge in [0.25, 0.3) is 0 Å². The standard InChI is InChI=1S/C15H11ClF2O/c16-15(11-8-10(17)5-6-12(11)18)14-7-9-3-1-2-4-13(9)19-14/h1-6,8,14-15H,7H2. The van der Waals surface area contributed by atoms with Gasteiger partial charge in [-0.1, -0.05) is 18.2 Å². The highest BCUT2D eigenvalue weighted by Gasteiger charge is 2.31. The van der Waals surface area contributed by atoms with Gasteiger partial charge < -0.3 is 4.74 Å². The summed E-state index contributed by atoms with van der Waals surface area (Å²) < 4.78 is 32.6. The van der Waals surface area contributed by atoms with Crippen molar-refractivity contribution in [1.29, 1.82) is 0 Å². The molecule has 0 fully saturated rings. The van der Waals surface area contributed by atoms with Crippen LogP contribution in [0.15, 0.2) is 42.5 Å². The van der Waals surface area contributed by atoms with Gasteiger partial charge in [-0.05, 0) is 29.8 Å². The summed E-state index contributed by atoms with van der Waals surface area (Å²) in [6.45, 7) is 0. The molecule has 0 saturated heterocycles. The van der Waals surface area contributed by atoms with Gasteiger partial charge >= 0.3 is 0 Å². The Hall–Kier alpha value is -1.61. The quantitative estimate of drug-likeness (QED) is 0.747. The molecule has 2 aromatic rings. The molecule has 0 radical (unpaired) electrons. The fourth-order valence-electron chi connectivity index (χ4n) is 2.30. The average molecular weight is 281 g/mol. The van der Waals surface area contributed by atoms with Gasteiger partial charge in [0.1, 0.15) is 23.5 Å². The maximum atomic E-state index is 13.7. The van der Waals surface area contributed by atoms with Crippen LogP contribution >= 0.6 is 11.6 Å². The highest BCUT2D eigenvalue weighted by atomic mass is 35.5. The van der Waals surface area contributed by atoms with E-state index in [4.69, 9.17) is 16.3 Å². The third kappa shape index (κ3) is 2.30. The van der Waals surface area contributed by atoms with Crippen LogP contribution in [0.1, 0.15) is 16.5 Å². The fraction of sp³-hybridized carbons (Fsp3) is 0.200. The third-order valence-corrected chi connectivity index (χ3v) is 3.77. The van der Waals surface area contributed by atoms with Crippen LogP contribution in [-0.4, -0.2) is 6.10 Å². The second kappa shape index (κ2) is 4.82. The first-order valence-electron chi connectivity index (χ1n) is 5.99. The summed E-state index contributed by atoms with van der Waals surface area (Å²) in [4.78, 5) is 0. The largest absolute Gasteiger partial charge is 0.488 e. The number of benzene rings is 2. The zero-order chi connectivity index (χ0) is 13.4. The Morgan fingerprint density at radius 3 is 2.74 bits per heavy atom. The minimum atomic E-state index is -0.719. The molecule has 1 aliphatic rings. The lowest BCUT2D eigenvalue weighted by Gasteiger charge is -2.18. The zero-order valence-corrected chi connectivity index (χ0v) is 10.7. The smallest absolute Gasteiger partial charge is 0.128 e. The molecular formula is C15H11ClF2O. The van der Waals surface area contributed by atoms with Crippen LogP contribution in [0.25, 0.3) is 0 Å². The molecule has 0 spiro atoms. The molecular weight excluding hydrogens is 270 g/mol. The Balaban J connectivity index is 1.87. The van der Waals surface area contributed by atoms with Gasteiger partial charge in [-0.15, -0.1) is 11.6 Å². The summed E-state index contributed by atoms with van der Waals surface area (Å²) in [5.41, 5.74) is 1.18. The van der Waals surface area contributed by atoms with Crippen molar-refractivity contribution in [3.8, 4) is 5.75 Å². The molecule has 2 atom stereocenters. The van der Waals surface area contributed by atoms with E-state index in [0.717, 1.165) is 29.5 Å². The Labute approximate surface area is 114 Å². The highest BCUT2D eigenvalue weighted by molar-refractivity contribution is 6.21. The summed E-state index contributed by atoms with van der Waals surface area (Å²) in [5.74, 6) is -0.256. The predicted octanol–water partition coefficient (Wildman–Crippen LogP) is 4.25. The van der Waals surface area contributed by atoms with Gasteiger partial charge in [0, 0.05) is 12.0 Å². The summed E-state index contributed by atoms with van der Waals surface area (Å²) >= 11 is 6.25. The number of halogens is 3. The Morgan fingerprint density at radius 2 is 1.95 bits per heavy atom. The zero-order valence-electron chi connectivity index (χ0n) is 9.95. The van der Waals surface area contributed by atoms with Crippen LogP contribution in [0.2, 0.25) is 0 Å². The van der Waals surface area contributed by atoms with Gasteiger partial charge in [0.2, 0.25) is 0 Å². The first kappa shape index (κ1) is 12.4. The van der Waals surface area contributed by atoms with Crippen molar-refractivity contribution in [3.05, 3.63) is 65.2 Å². The van der Waals surface area contributed by atoms with Gasteiger partial charge in [-0.2, -0.15) is 0 Å². The Morgan fingerprint density at radius 1 is 1.16 bits per heavy atom. The van der Waals surface area contributed by atoms with Gasteiger partial charge in [0.05, 0.1) is 5.38 Å². The summed E-state index contributed by atoms with van der Waals surface area (Å²) in [7, 11) is 0. The van der Waals surface area contributed by atoms with Gasteiger partial charge in [-0.25, -0.2) is 8.78 Å². The number of ether oxygens (including phenoxy) is 1. The molecule has 2 aromatic carbocycles. The van der Waals surface area contributed by atoms with Crippen molar-refractivity contribution in [3.63, 3.8) is 0 Å². The summed E-state index contributed by atoms with van der Waals surface area (Å²) in [6.07, 6.45) is 0.218. The van der Waals surface area contributed by atoms with E-state index < -0.39 is 17.0 Å². The van der Waals surface area contributed by atoms with Gasteiger partial charge in [0.15, 0.2) is 0 Å². The predicted molar refractivity (Wildman–Crippen MR) is 69.5 cm³/mol. The molecule has 0 N–H and O–H groups in total. The second-order valence-electron chi connectivity index (χ2n) is 4.54. The second-order valence-corrected chi connectivity index (χ2v) is 5.01. The van der Waals surface area contributed by atoms with E-state index >= 15 is 0 Å². The van der Waals surface area contributed by atoms with Crippen LogP contribution in [0.4, 0.5) is 8.78 Å². The van der Waals surface area contributed by atoms with Crippen LogP contribution in [0.3, 0.4) is 0 Å². The molecule has 0 amide bonds. The molecule has 19 heavy (non-hydrogen) atoms. The normalized spacial score (nSPS) is 18.8. The van der Waals surface area contributed by atoms with Gasteiger partial charge in [-0.3, -0.25) is 0 Å². The van der Waals surface area contributed by atoms with Crippen LogP contribution in [0.5, 0.6) is 5.75 Å². The monoisotopic (exact) mass is 280 g/mol. The van der Waals surface area contributed by atoms with Crippen LogP contribution in [-0.2, 0) is 6.42 Å². The maximum Gasteiger partial charge on any atom is 0.128 e. The lowest BCUT2D eigenvalue weighted by atomic mass is 10.0. The molecule has 1 aliphatic heterocycles. The first-order valence-corrected chi connectivity index (χ1v) is 6.42. The Bertz CT molecular complexity index is 590. The van der Waals surface area contributed by atoms with E-state index in [2.05, 4.69) is 0 Å². The molecule has 98 valence electrons. The molecule has 2 unspecified atom stereocenters. The summed E-state index contributed by atoms with van der Waals surface area (Å²) in [5, 5.41) is -0.719. The molecule has 1 nitrogen and oxygen atoms in total. The van der Waals surface area contributed by atoms with Crippen molar-refractivity contribution >= 4 is 11.6 Å². The molecule has 0 saturated carbocycles. The van der Waals surface area contributed by atoms with Crippen LogP contribution < -0.4 is 4.74 Å². The number of fused-ring (bicyclic) bond motifs is 1. The first-order chi connectivity index (χ1) is 9.15. The number of hydrogen-bond donors (Lipinski definition) is 0. The topological polar surface area (TPSA) is 9.23 Å². The molecule has 3 rings (SSSR count). The Kier molecular flexibility index (Phi) is 3.15. The van der Waals surface area contributed by atoms with E-state index in [9.17, 15) is 8.78 Å². The lowest BCUT2D eigenvalue weighted by Crippen LogP contribution is -2.20. The maximum absolute atomic E-state index is 13.7. The van der Waals surface area contributed by atoms with Crippen molar-refractivity contribution in [2.24, 2.45) is 0 Å². The van der Waals surface area contributed by atoms with E-state index in [1.807, 2.05) is 24.3 Å². The SMILES string of the molecule is Fc1ccc(F)c(C(Cl)C2Cc3ccccc3O2)c1. The van der Waals surface area contributed by atoms with E-state index in [1.165, 1.54) is 0 Å². The van der Waals surface area contributed by atoms with Crippen LogP contribution in [0, 0.1) is 11.6 Å². The number of alkyl halides is 1. The minimum absolute atomic E-state index is 0.138. The molecule has 1 heterocycles. The molecule has 0 aromatic heterocycles. The molecule has 0 bridgehead atoms. The third-order valence-electron chi connectivity index (χ3n) is 3.25. The fourth-order valence-corrected chi connectivity index (χ4v) is 2.61. The number of rotatable bonds is 2. The van der Waals surface area contributed by atoms with Crippen molar-refractivity contribution in [1.82, 2.24) is 0 Å². The molecule has 0 aliphatic carbocycles. The minimum Gasteiger partial charge on any atom is -0.488 e. The average Bonchev–Trinajstić information content (AvgIpc) is 2.84. The van der Waals surface area contributed by atoms with E-state index in [1.54, 1.807) is 0 Å². The highest BCUT2D eigenvalue weighted by Crippen LogP contribution is 2.38. The van der Waals surface area contributed by atoms with E-state index in [-0.39, 0.29) is 11.7 Å². The number of hydrogen-bond acceptors (Lipinski definition) is 1. The van der Waals surface area contributed by atoms with Crippen molar-refractivity contribution in [2.45, 2.75) is 17.9 Å². The number of para-hydroxylation sites is 1.